The molecule has 6 heteroatoms. The molecule has 2 fully saturated rings. The largest absolute Gasteiger partial charge is 0.496 e. The minimum Gasteiger partial charge on any atom is -0.496 e. The molecule has 154 valence electrons. The molecule has 0 aliphatic carbocycles. The Balaban J connectivity index is 1.57. The minimum absolute atomic E-state index is 0.0291. The topological polar surface area (TPSA) is 67.9 Å². The van der Waals surface area contributed by atoms with Gasteiger partial charge in [-0.1, -0.05) is 6.07 Å². The van der Waals surface area contributed by atoms with E-state index in [9.17, 15) is 9.59 Å². The van der Waals surface area contributed by atoms with Crippen molar-refractivity contribution in [3.05, 3.63) is 29.3 Å². The number of carbonyl (C=O) groups is 2. The van der Waals surface area contributed by atoms with Crippen LogP contribution in [0.5, 0.6) is 5.75 Å². The predicted octanol–water partition coefficient (Wildman–Crippen LogP) is 2.93. The number of amides is 2. The standard InChI is InChI=1S/C22H32N2O4/c1-16-19(5-4-6-20(16)27-3)21(26)24-12-9-22(10-13-24)15-18(8-14-28-22)7-11-23-17(2)25/h4-6,18H,7-15H2,1-3H3,(H,23,25). The highest BCUT2D eigenvalue weighted by Crippen LogP contribution is 2.39. The Morgan fingerprint density at radius 1 is 1.32 bits per heavy atom. The highest BCUT2D eigenvalue weighted by atomic mass is 16.5. The van der Waals surface area contributed by atoms with Crippen LogP contribution < -0.4 is 10.1 Å². The first-order chi connectivity index (χ1) is 13.4. The molecule has 3 rings (SSSR count). The summed E-state index contributed by atoms with van der Waals surface area (Å²) in [7, 11) is 1.63. The summed E-state index contributed by atoms with van der Waals surface area (Å²) in [5.74, 6) is 1.42. The molecule has 2 aliphatic rings. The van der Waals surface area contributed by atoms with Crippen molar-refractivity contribution in [2.24, 2.45) is 5.92 Å². The molecule has 2 aliphatic heterocycles. The maximum atomic E-state index is 13.0. The molecular weight excluding hydrogens is 356 g/mol. The van der Waals surface area contributed by atoms with Crippen LogP contribution in [-0.2, 0) is 9.53 Å². The van der Waals surface area contributed by atoms with E-state index in [2.05, 4.69) is 5.32 Å². The van der Waals surface area contributed by atoms with E-state index in [1.54, 1.807) is 14.0 Å². The Morgan fingerprint density at radius 2 is 2.07 bits per heavy atom. The Labute approximate surface area is 167 Å². The third-order valence-corrected chi connectivity index (χ3v) is 6.22. The molecule has 0 radical (unpaired) electrons. The number of methoxy groups -OCH3 is 1. The molecule has 1 spiro atoms. The van der Waals surface area contributed by atoms with Crippen molar-refractivity contribution in [1.82, 2.24) is 10.2 Å². The van der Waals surface area contributed by atoms with Gasteiger partial charge in [-0.05, 0) is 57.1 Å². The van der Waals surface area contributed by atoms with Crippen molar-refractivity contribution in [2.75, 3.05) is 33.4 Å². The van der Waals surface area contributed by atoms with Gasteiger partial charge in [0.25, 0.3) is 5.91 Å². The van der Waals surface area contributed by atoms with Gasteiger partial charge in [0.15, 0.2) is 0 Å². The summed E-state index contributed by atoms with van der Waals surface area (Å²) in [5, 5.41) is 2.90. The Hall–Kier alpha value is -2.08. The van der Waals surface area contributed by atoms with Gasteiger partial charge in [0.05, 0.1) is 12.7 Å². The number of hydrogen-bond acceptors (Lipinski definition) is 4. The molecule has 1 atom stereocenters. The van der Waals surface area contributed by atoms with Crippen LogP contribution in [0.1, 0.15) is 54.9 Å². The number of ether oxygens (including phenoxy) is 2. The van der Waals surface area contributed by atoms with Gasteiger partial charge in [-0.25, -0.2) is 0 Å². The molecule has 1 unspecified atom stereocenters. The molecule has 0 saturated carbocycles. The van der Waals surface area contributed by atoms with Gasteiger partial charge in [-0.15, -0.1) is 0 Å². The van der Waals surface area contributed by atoms with Crippen molar-refractivity contribution in [3.8, 4) is 5.75 Å². The molecular formula is C22H32N2O4. The normalized spacial score (nSPS) is 21.4. The van der Waals surface area contributed by atoms with E-state index in [0.717, 1.165) is 56.6 Å². The molecule has 1 aromatic rings. The van der Waals surface area contributed by atoms with E-state index in [1.807, 2.05) is 30.0 Å². The fraction of sp³-hybridized carbons (Fsp3) is 0.636. The van der Waals surface area contributed by atoms with Crippen LogP contribution in [0.25, 0.3) is 0 Å². The van der Waals surface area contributed by atoms with E-state index in [-0.39, 0.29) is 17.4 Å². The number of piperidine rings is 1. The zero-order chi connectivity index (χ0) is 20.1. The Morgan fingerprint density at radius 3 is 2.75 bits per heavy atom. The van der Waals surface area contributed by atoms with E-state index in [0.29, 0.717) is 24.6 Å². The minimum atomic E-state index is -0.112. The number of rotatable bonds is 5. The van der Waals surface area contributed by atoms with Crippen molar-refractivity contribution in [3.63, 3.8) is 0 Å². The number of hydrogen-bond donors (Lipinski definition) is 1. The summed E-state index contributed by atoms with van der Waals surface area (Å²) in [6, 6.07) is 5.63. The molecule has 1 aromatic carbocycles. The first-order valence-electron chi connectivity index (χ1n) is 10.3. The van der Waals surface area contributed by atoms with Crippen molar-refractivity contribution < 1.29 is 19.1 Å². The smallest absolute Gasteiger partial charge is 0.254 e. The average Bonchev–Trinajstić information content (AvgIpc) is 2.68. The van der Waals surface area contributed by atoms with Crippen LogP contribution in [0.15, 0.2) is 18.2 Å². The highest BCUT2D eigenvalue weighted by molar-refractivity contribution is 5.96. The van der Waals surface area contributed by atoms with Gasteiger partial charge < -0.3 is 19.7 Å². The van der Waals surface area contributed by atoms with Gasteiger partial charge in [0.1, 0.15) is 5.75 Å². The lowest BCUT2D eigenvalue weighted by atomic mass is 9.78. The maximum absolute atomic E-state index is 13.0. The fourth-order valence-electron chi connectivity index (χ4n) is 4.53. The van der Waals surface area contributed by atoms with E-state index in [1.165, 1.54) is 0 Å². The van der Waals surface area contributed by atoms with Crippen LogP contribution in [0.2, 0.25) is 0 Å². The van der Waals surface area contributed by atoms with E-state index < -0.39 is 0 Å². The van der Waals surface area contributed by atoms with E-state index in [4.69, 9.17) is 9.47 Å². The van der Waals surface area contributed by atoms with Gasteiger partial charge in [-0.3, -0.25) is 9.59 Å². The molecule has 28 heavy (non-hydrogen) atoms. The number of nitrogens with one attached hydrogen (secondary N) is 1. The third kappa shape index (κ3) is 4.66. The first kappa shape index (κ1) is 20.6. The quantitative estimate of drug-likeness (QED) is 0.842. The molecule has 0 aromatic heterocycles. The zero-order valence-electron chi connectivity index (χ0n) is 17.3. The van der Waals surface area contributed by atoms with Crippen molar-refractivity contribution in [1.29, 1.82) is 0 Å². The van der Waals surface area contributed by atoms with Gasteiger partial charge in [-0.2, -0.15) is 0 Å². The first-order valence-corrected chi connectivity index (χ1v) is 10.3. The summed E-state index contributed by atoms with van der Waals surface area (Å²) in [6.07, 6.45) is 4.81. The number of likely N-dealkylation sites (tertiary alicyclic amines) is 1. The average molecular weight is 389 g/mol. The van der Waals surface area contributed by atoms with Crippen molar-refractivity contribution in [2.45, 2.75) is 51.6 Å². The second kappa shape index (κ2) is 8.95. The van der Waals surface area contributed by atoms with Gasteiger partial charge in [0.2, 0.25) is 5.91 Å². The Kier molecular flexibility index (Phi) is 6.60. The molecule has 2 saturated heterocycles. The van der Waals surface area contributed by atoms with Crippen LogP contribution >= 0.6 is 0 Å². The molecule has 2 amide bonds. The van der Waals surface area contributed by atoms with Gasteiger partial charge in [0, 0.05) is 44.3 Å². The lowest BCUT2D eigenvalue weighted by Crippen LogP contribution is -2.51. The molecule has 0 bridgehead atoms. The van der Waals surface area contributed by atoms with Gasteiger partial charge >= 0.3 is 0 Å². The number of benzene rings is 1. The SMILES string of the molecule is COc1cccc(C(=O)N2CCC3(CC2)CC(CCNC(C)=O)CCO3)c1C. The lowest BCUT2D eigenvalue weighted by molar-refractivity contribution is -0.125. The fourth-order valence-corrected chi connectivity index (χ4v) is 4.53. The monoisotopic (exact) mass is 388 g/mol. The predicted molar refractivity (Wildman–Crippen MR) is 108 cm³/mol. The second-order valence-electron chi connectivity index (χ2n) is 8.09. The van der Waals surface area contributed by atoms with Crippen LogP contribution in [0, 0.1) is 12.8 Å². The number of carbonyl (C=O) groups excluding carboxylic acids is 2. The van der Waals surface area contributed by atoms with Crippen LogP contribution in [0.3, 0.4) is 0 Å². The highest BCUT2D eigenvalue weighted by Gasteiger charge is 2.41. The summed E-state index contributed by atoms with van der Waals surface area (Å²) >= 11 is 0. The summed E-state index contributed by atoms with van der Waals surface area (Å²) in [6.45, 7) is 6.43. The second-order valence-corrected chi connectivity index (χ2v) is 8.09. The maximum Gasteiger partial charge on any atom is 0.254 e. The molecule has 1 N–H and O–H groups in total. The summed E-state index contributed by atoms with van der Waals surface area (Å²) in [4.78, 5) is 26.0. The van der Waals surface area contributed by atoms with Crippen molar-refractivity contribution >= 4 is 11.8 Å². The summed E-state index contributed by atoms with van der Waals surface area (Å²) in [5.41, 5.74) is 1.49. The number of nitrogens with zero attached hydrogens (tertiary/aromatic N) is 1. The zero-order valence-corrected chi connectivity index (χ0v) is 17.3. The van der Waals surface area contributed by atoms with E-state index >= 15 is 0 Å². The molecule has 6 nitrogen and oxygen atoms in total. The lowest BCUT2D eigenvalue weighted by Gasteiger charge is -2.46. The summed E-state index contributed by atoms with van der Waals surface area (Å²) < 4.78 is 11.6. The van der Waals surface area contributed by atoms with Crippen LogP contribution in [-0.4, -0.2) is 55.7 Å². The Bertz CT molecular complexity index is 710. The molecule has 2 heterocycles. The van der Waals surface area contributed by atoms with Crippen LogP contribution in [0.4, 0.5) is 0 Å². The third-order valence-electron chi connectivity index (χ3n) is 6.22.